The van der Waals surface area contributed by atoms with Crippen molar-refractivity contribution in [2.45, 2.75) is 25.2 Å². The van der Waals surface area contributed by atoms with E-state index in [0.29, 0.717) is 47.9 Å². The van der Waals surface area contributed by atoms with E-state index in [1.165, 1.54) is 19.2 Å². The van der Waals surface area contributed by atoms with Crippen LogP contribution in [-0.4, -0.2) is 71.0 Å². The summed E-state index contributed by atoms with van der Waals surface area (Å²) in [4.78, 5) is 19.0. The summed E-state index contributed by atoms with van der Waals surface area (Å²) in [5.74, 6) is 0.281. The van der Waals surface area contributed by atoms with E-state index < -0.39 is 12.7 Å². The van der Waals surface area contributed by atoms with Crippen molar-refractivity contribution in [1.29, 1.82) is 0 Å². The lowest BCUT2D eigenvalue weighted by atomic mass is 10.1. The first kappa shape index (κ1) is 20.4. The molecule has 0 unspecified atom stereocenters. The minimum atomic E-state index is -2.96. The van der Waals surface area contributed by atoms with Crippen LogP contribution in [-0.2, 0) is 9.53 Å². The fourth-order valence-electron chi connectivity index (χ4n) is 4.15. The van der Waals surface area contributed by atoms with Crippen molar-refractivity contribution in [3.05, 3.63) is 36.7 Å². The second-order valence-electron chi connectivity index (χ2n) is 7.60. The first-order chi connectivity index (χ1) is 15.5. The molecule has 1 N–H and O–H groups in total. The summed E-state index contributed by atoms with van der Waals surface area (Å²) in [5.41, 5.74) is 2.34. The summed E-state index contributed by atoms with van der Waals surface area (Å²) in [5, 5.41) is 7.50. The monoisotopic (exact) mass is 445 g/mol. The Bertz CT molecular complexity index is 1150. The van der Waals surface area contributed by atoms with E-state index in [0.717, 1.165) is 0 Å². The number of nitrogens with one attached hydrogen (secondary N) is 1. The Kier molecular flexibility index (Phi) is 5.25. The number of hydrogen-bond acceptors (Lipinski definition) is 7. The number of hydrogen-bond donors (Lipinski definition) is 1. The van der Waals surface area contributed by atoms with Gasteiger partial charge in [0.25, 0.3) is 5.91 Å². The molecule has 1 amide bonds. The van der Waals surface area contributed by atoms with Crippen LogP contribution in [0.5, 0.6) is 11.6 Å². The number of aromatic nitrogens is 3. The summed E-state index contributed by atoms with van der Waals surface area (Å²) in [6.07, 6.45) is 3.31. The van der Waals surface area contributed by atoms with Crippen molar-refractivity contribution >= 4 is 17.2 Å². The molecule has 0 aliphatic carbocycles. The van der Waals surface area contributed by atoms with Gasteiger partial charge in [0.05, 0.1) is 12.2 Å². The molecule has 9 nitrogen and oxygen atoms in total. The molecule has 1 fully saturated rings. The van der Waals surface area contributed by atoms with Crippen LogP contribution in [0.4, 0.5) is 14.5 Å². The van der Waals surface area contributed by atoms with E-state index in [9.17, 15) is 13.6 Å². The van der Waals surface area contributed by atoms with Crippen LogP contribution in [0.15, 0.2) is 36.7 Å². The highest BCUT2D eigenvalue weighted by molar-refractivity contribution is 5.84. The van der Waals surface area contributed by atoms with Crippen molar-refractivity contribution in [2.75, 3.05) is 32.1 Å². The maximum atomic E-state index is 12.9. The molecule has 1 saturated heterocycles. The number of benzene rings is 1. The van der Waals surface area contributed by atoms with Crippen LogP contribution >= 0.6 is 0 Å². The number of amides is 1. The standard InChI is InChI=1S/C21H21F2N5O4/c1-30-17-9-14-11-31-18-2-4-28-19(26-18)16(10-25-28)12-6-13(8-15(7-12)32-21(22)23)24-3-5-27(14)20(17)29/h2,4,6-8,10,14,17,21,24H,3,5,9,11H2,1H3/t14-,17+/m0/s1. The SMILES string of the molecule is CO[C@@H]1C[C@H]2COc3ccn4ncc(c4n3)-c3cc(cc(OC(F)F)c3)NCCN2C1=O. The van der Waals surface area contributed by atoms with Gasteiger partial charge in [-0.15, -0.1) is 0 Å². The Hall–Kier alpha value is -3.47. The van der Waals surface area contributed by atoms with Gasteiger partial charge in [0, 0.05) is 56.2 Å². The molecular formula is C21H21F2N5O4. The van der Waals surface area contributed by atoms with Gasteiger partial charge >= 0.3 is 6.61 Å². The Morgan fingerprint density at radius 1 is 1.31 bits per heavy atom. The van der Waals surface area contributed by atoms with Gasteiger partial charge in [0.15, 0.2) is 5.65 Å². The Morgan fingerprint density at radius 2 is 2.19 bits per heavy atom. The van der Waals surface area contributed by atoms with Gasteiger partial charge in [-0.2, -0.15) is 18.9 Å². The lowest BCUT2D eigenvalue weighted by molar-refractivity contribution is -0.136. The van der Waals surface area contributed by atoms with E-state index in [2.05, 4.69) is 20.1 Å². The normalized spacial score (nSPS) is 20.8. The van der Waals surface area contributed by atoms with E-state index in [1.54, 1.807) is 33.9 Å². The molecule has 3 aromatic rings. The molecule has 0 spiro atoms. The van der Waals surface area contributed by atoms with E-state index in [1.807, 2.05) is 0 Å². The maximum absolute atomic E-state index is 12.9. The third-order valence-corrected chi connectivity index (χ3v) is 5.66. The molecule has 0 saturated carbocycles. The predicted molar refractivity (Wildman–Crippen MR) is 110 cm³/mol. The second kappa shape index (κ2) is 8.23. The second-order valence-corrected chi connectivity index (χ2v) is 7.60. The molecule has 32 heavy (non-hydrogen) atoms. The number of carbonyl (C=O) groups excluding carboxylic acids is 1. The highest BCUT2D eigenvalue weighted by Crippen LogP contribution is 2.32. The molecular weight excluding hydrogens is 424 g/mol. The van der Waals surface area contributed by atoms with Crippen LogP contribution in [0.2, 0.25) is 0 Å². The third-order valence-electron chi connectivity index (χ3n) is 5.66. The van der Waals surface area contributed by atoms with Gasteiger partial charge in [0.2, 0.25) is 5.88 Å². The number of ether oxygens (including phenoxy) is 3. The first-order valence-corrected chi connectivity index (χ1v) is 10.2. The van der Waals surface area contributed by atoms with Gasteiger partial charge in [-0.1, -0.05) is 0 Å². The minimum absolute atomic E-state index is 0.00780. The van der Waals surface area contributed by atoms with Gasteiger partial charge in [-0.3, -0.25) is 4.79 Å². The molecule has 2 aliphatic rings. The lowest BCUT2D eigenvalue weighted by Gasteiger charge is -2.25. The molecule has 2 aliphatic heterocycles. The average molecular weight is 445 g/mol. The predicted octanol–water partition coefficient (Wildman–Crippen LogP) is 2.42. The zero-order valence-corrected chi connectivity index (χ0v) is 17.2. The Balaban J connectivity index is 1.57. The topological polar surface area (TPSA) is 90.2 Å². The minimum Gasteiger partial charge on any atom is -0.475 e. The molecule has 4 bridgehead atoms. The number of methoxy groups -OCH3 is 1. The van der Waals surface area contributed by atoms with Crippen LogP contribution < -0.4 is 14.8 Å². The van der Waals surface area contributed by atoms with Crippen LogP contribution in [0, 0.1) is 0 Å². The molecule has 0 radical (unpaired) electrons. The largest absolute Gasteiger partial charge is 0.475 e. The van der Waals surface area contributed by atoms with Crippen LogP contribution in [0.25, 0.3) is 16.8 Å². The molecule has 4 heterocycles. The molecule has 2 atom stereocenters. The Labute approximate surface area is 181 Å². The van der Waals surface area contributed by atoms with Crippen molar-refractivity contribution in [2.24, 2.45) is 0 Å². The number of alkyl halides is 2. The number of fused-ring (bicyclic) bond motifs is 5. The summed E-state index contributed by atoms with van der Waals surface area (Å²) in [7, 11) is 1.51. The fourth-order valence-corrected chi connectivity index (χ4v) is 4.15. The van der Waals surface area contributed by atoms with Gasteiger partial charge in [0.1, 0.15) is 18.5 Å². The highest BCUT2D eigenvalue weighted by Gasteiger charge is 2.39. The number of halogens is 2. The van der Waals surface area contributed by atoms with Crippen LogP contribution in [0.1, 0.15) is 6.42 Å². The lowest BCUT2D eigenvalue weighted by Crippen LogP contribution is -2.41. The zero-order valence-electron chi connectivity index (χ0n) is 17.2. The van der Waals surface area contributed by atoms with Gasteiger partial charge in [-0.05, 0) is 17.7 Å². The smallest absolute Gasteiger partial charge is 0.387 e. The fraction of sp³-hybridized carbons (Fsp3) is 0.381. The Morgan fingerprint density at radius 3 is 3.00 bits per heavy atom. The first-order valence-electron chi connectivity index (χ1n) is 10.2. The maximum Gasteiger partial charge on any atom is 0.387 e. The molecule has 5 rings (SSSR count). The highest BCUT2D eigenvalue weighted by atomic mass is 19.3. The summed E-state index contributed by atoms with van der Waals surface area (Å²) >= 11 is 0. The van der Waals surface area contributed by atoms with Gasteiger partial charge < -0.3 is 24.4 Å². The molecule has 1 aromatic carbocycles. The number of anilines is 1. The van der Waals surface area contributed by atoms with E-state index in [-0.39, 0.29) is 24.3 Å². The van der Waals surface area contributed by atoms with E-state index in [4.69, 9.17) is 9.47 Å². The molecule has 168 valence electrons. The third kappa shape index (κ3) is 3.79. The quantitative estimate of drug-likeness (QED) is 0.662. The summed E-state index contributed by atoms with van der Waals surface area (Å²) < 4.78 is 43.3. The van der Waals surface area contributed by atoms with Crippen molar-refractivity contribution < 1.29 is 27.8 Å². The van der Waals surface area contributed by atoms with Gasteiger partial charge in [-0.25, -0.2) is 4.52 Å². The summed E-state index contributed by atoms with van der Waals surface area (Å²) in [6, 6.07) is 6.32. The average Bonchev–Trinajstić information content (AvgIpc) is 3.32. The number of nitrogens with zero attached hydrogens (tertiary/aromatic N) is 4. The van der Waals surface area contributed by atoms with E-state index >= 15 is 0 Å². The van der Waals surface area contributed by atoms with Crippen molar-refractivity contribution in [3.8, 4) is 22.8 Å². The number of carbonyl (C=O) groups is 1. The van der Waals surface area contributed by atoms with Crippen molar-refractivity contribution in [3.63, 3.8) is 0 Å². The summed E-state index contributed by atoms with van der Waals surface area (Å²) in [6.45, 7) is -1.88. The molecule has 2 aromatic heterocycles. The van der Waals surface area contributed by atoms with Crippen molar-refractivity contribution in [1.82, 2.24) is 19.5 Å². The zero-order chi connectivity index (χ0) is 22.2. The number of rotatable bonds is 3. The molecule has 11 heteroatoms. The van der Waals surface area contributed by atoms with Crippen LogP contribution in [0.3, 0.4) is 0 Å².